The van der Waals surface area contributed by atoms with Gasteiger partial charge in [0, 0.05) is 59.2 Å². The topological polar surface area (TPSA) is 579 Å². The van der Waals surface area contributed by atoms with Crippen molar-refractivity contribution in [2.75, 3.05) is 172 Å². The van der Waals surface area contributed by atoms with Crippen molar-refractivity contribution in [1.29, 1.82) is 0 Å². The molecule has 4 rings (SSSR count). The highest BCUT2D eigenvalue weighted by molar-refractivity contribution is 6.02. The number of amides is 9. The number of hydroxylamine groups is 2. The fourth-order valence-electron chi connectivity index (χ4n) is 11.1. The van der Waals surface area contributed by atoms with Crippen LogP contribution in [-0.2, 0) is 119 Å². The van der Waals surface area contributed by atoms with Crippen LogP contribution in [0.3, 0.4) is 0 Å². The first kappa shape index (κ1) is 93.4. The van der Waals surface area contributed by atoms with Gasteiger partial charge < -0.3 is 154 Å². The van der Waals surface area contributed by atoms with Gasteiger partial charge in [-0.25, -0.2) is 4.79 Å². The van der Waals surface area contributed by atoms with E-state index in [0.29, 0.717) is 11.5 Å². The number of aliphatic hydroxyl groups excluding tert-OH is 9. The first-order valence-corrected chi connectivity index (χ1v) is 35.7. The lowest BCUT2D eigenvalue weighted by Crippen LogP contribution is -2.64. The molecule has 0 spiro atoms. The Balaban J connectivity index is 1.19. The SMILES string of the molecule is CC(=O)N[C@@H]1[C@@H](O)[C@@H](O)[C@@H](CO)C[C@H]1OCCOCCOCCOCC(=O)NCCCC[C@H](NC(=O)COCCOCCOCCO[C@@H]1O[C@H](CO)[C@H](O)[C@H](O)[C@H]1NC(C)=O)C(=O)N[C@@H](CCCCNC(=O)COCCOCCOCCO[C@@H]1O[C@H](CO)[C@H](O)[C@H](O)[C@H]1NC(C)=O)C(=O)ON1C(=O)CCC1=O. The number of carbonyl (C=O) groups excluding carboxylic acids is 10. The molecular formula is C65H112N8O34. The highest BCUT2D eigenvalue weighted by Crippen LogP contribution is 2.29. The molecule has 0 unspecified atom stereocenters. The molecule has 0 radical (unpaired) electrons. The second-order valence-corrected chi connectivity index (χ2v) is 25.1. The zero-order chi connectivity index (χ0) is 78.5. The zero-order valence-corrected chi connectivity index (χ0v) is 60.7. The number of aliphatic hydroxyl groups is 9. The van der Waals surface area contributed by atoms with Crippen molar-refractivity contribution in [3.63, 3.8) is 0 Å². The summed E-state index contributed by atoms with van der Waals surface area (Å²) in [7, 11) is 0. The molecule has 3 aliphatic heterocycles. The molecule has 0 aromatic rings. The zero-order valence-electron chi connectivity index (χ0n) is 60.7. The van der Waals surface area contributed by atoms with Crippen LogP contribution in [0.25, 0.3) is 0 Å². The van der Waals surface area contributed by atoms with Gasteiger partial charge in [0.25, 0.3) is 11.8 Å². The van der Waals surface area contributed by atoms with Gasteiger partial charge in [-0.1, -0.05) is 0 Å². The molecule has 616 valence electrons. The van der Waals surface area contributed by atoms with E-state index in [2.05, 4.69) is 37.2 Å². The van der Waals surface area contributed by atoms with Gasteiger partial charge in [0.2, 0.25) is 41.4 Å². The Morgan fingerprint density at radius 2 is 0.794 bits per heavy atom. The second kappa shape index (κ2) is 53.8. The minimum atomic E-state index is -1.48. The molecule has 3 heterocycles. The average molecular weight is 1550 g/mol. The monoisotopic (exact) mass is 1550 g/mol. The normalized spacial score (nSPS) is 25.7. The molecule has 0 aromatic carbocycles. The first-order chi connectivity index (χ1) is 51.4. The van der Waals surface area contributed by atoms with Crippen LogP contribution in [0, 0.1) is 5.92 Å². The van der Waals surface area contributed by atoms with Crippen LogP contribution in [0.5, 0.6) is 0 Å². The third-order valence-electron chi connectivity index (χ3n) is 16.7. The minimum Gasteiger partial charge on any atom is -0.396 e. The molecule has 17 atom stereocenters. The Kier molecular flexibility index (Phi) is 46.9. The minimum absolute atomic E-state index is 0.00659. The number of nitrogens with zero attached hydrogens (tertiary/aromatic N) is 1. The van der Waals surface area contributed by atoms with Crippen LogP contribution in [0.2, 0.25) is 0 Å². The molecule has 3 saturated heterocycles. The average Bonchev–Trinajstić information content (AvgIpc) is 1.78. The van der Waals surface area contributed by atoms with E-state index in [-0.39, 0.29) is 203 Å². The molecular weight excluding hydrogens is 1440 g/mol. The van der Waals surface area contributed by atoms with E-state index in [1.165, 1.54) is 20.8 Å². The number of hydrogen-bond acceptors (Lipinski definition) is 34. The van der Waals surface area contributed by atoms with Crippen LogP contribution in [0.15, 0.2) is 0 Å². The smallest absolute Gasteiger partial charge is 0.355 e. The third kappa shape index (κ3) is 36.1. The summed E-state index contributed by atoms with van der Waals surface area (Å²) in [6.45, 7) is 2.45. The summed E-state index contributed by atoms with van der Waals surface area (Å²) in [5.74, 6) is -7.32. The van der Waals surface area contributed by atoms with Crippen LogP contribution in [0.1, 0.15) is 78.6 Å². The molecule has 0 aromatic heterocycles. The fourth-order valence-corrected chi connectivity index (χ4v) is 11.1. The lowest BCUT2D eigenvalue weighted by molar-refractivity contribution is -0.272. The Hall–Kier alpha value is -6.02. The number of carbonyl (C=O) groups is 10. The van der Waals surface area contributed by atoms with Crippen LogP contribution >= 0.6 is 0 Å². The number of nitrogens with one attached hydrogen (secondary N) is 7. The van der Waals surface area contributed by atoms with Gasteiger partial charge in [-0.3, -0.25) is 43.2 Å². The Morgan fingerprint density at radius 1 is 0.430 bits per heavy atom. The van der Waals surface area contributed by atoms with Gasteiger partial charge in [0.05, 0.1) is 150 Å². The van der Waals surface area contributed by atoms with Gasteiger partial charge in [-0.05, 0) is 44.9 Å². The summed E-state index contributed by atoms with van der Waals surface area (Å²) in [6, 6.07) is -5.90. The van der Waals surface area contributed by atoms with Gasteiger partial charge in [0.1, 0.15) is 86.7 Å². The summed E-state index contributed by atoms with van der Waals surface area (Å²) < 4.78 is 77.3. The van der Waals surface area contributed by atoms with Crippen molar-refractivity contribution in [2.24, 2.45) is 5.92 Å². The maximum atomic E-state index is 14.1. The highest BCUT2D eigenvalue weighted by atomic mass is 16.7. The lowest BCUT2D eigenvalue weighted by atomic mass is 9.79. The molecule has 42 nitrogen and oxygen atoms in total. The lowest BCUT2D eigenvalue weighted by Gasteiger charge is -2.42. The van der Waals surface area contributed by atoms with Gasteiger partial charge in [-0.2, -0.15) is 0 Å². The highest BCUT2D eigenvalue weighted by Gasteiger charge is 2.48. The first-order valence-electron chi connectivity index (χ1n) is 35.7. The summed E-state index contributed by atoms with van der Waals surface area (Å²) in [6.07, 6.45) is -13.2. The van der Waals surface area contributed by atoms with Crippen molar-refractivity contribution >= 4 is 59.1 Å². The van der Waals surface area contributed by atoms with Crippen molar-refractivity contribution in [2.45, 2.75) is 176 Å². The summed E-state index contributed by atoms with van der Waals surface area (Å²) in [4.78, 5) is 131. The molecule has 1 aliphatic carbocycles. The fraction of sp³-hybridized carbons (Fsp3) is 0.846. The predicted molar refractivity (Wildman–Crippen MR) is 359 cm³/mol. The molecule has 0 bridgehead atoms. The number of hydrogen-bond donors (Lipinski definition) is 16. The molecule has 16 N–H and O–H groups in total. The quantitative estimate of drug-likeness (QED) is 0.0199. The number of ether oxygens (including phenoxy) is 14. The van der Waals surface area contributed by atoms with Gasteiger partial charge in [-0.15, -0.1) is 5.06 Å². The largest absolute Gasteiger partial charge is 0.396 e. The maximum absolute atomic E-state index is 14.1. The number of imide groups is 1. The van der Waals surface area contributed by atoms with E-state index in [1.54, 1.807) is 0 Å². The van der Waals surface area contributed by atoms with E-state index in [9.17, 15) is 93.9 Å². The molecule has 107 heavy (non-hydrogen) atoms. The standard InChI is InChI=1S/C65H112N8O34/c1-39(77)68-53-45(32-42(33-74)56(85)59(53)88)102-29-26-96-17-14-93-20-23-99-36-48(80)66-12-6-4-8-43(71-50(82)38-101-25-22-95-16-19-98-28-31-104-65-55(70-41(3)79)61(90)58(87)47(35-76)106-65)62(91)72-44(63(92)107-73-51(83)10-11-52(73)84)9-5-7-13-67-49(81)37-100-24-21-94-15-18-97-27-30-103-64-54(69-40(2)78)60(89)57(86)46(34-75)105-64/h42-47,53-61,64-65,74-76,85-90H,4-38H2,1-3H3,(H,66,80)(H,67,81)(H,68,77)(H,69,78)(H,70,79)(H,71,82)(H,72,91)/t42-,43+,44+,45-,46-,47-,53+,54-,55-,56+,57+,58+,59-,60-,61-,64-,65-/m1/s1. The second-order valence-electron chi connectivity index (χ2n) is 25.1. The van der Waals surface area contributed by atoms with E-state index in [1.807, 2.05) is 0 Å². The Morgan fingerprint density at radius 3 is 1.20 bits per heavy atom. The molecule has 1 saturated carbocycles. The van der Waals surface area contributed by atoms with Crippen molar-refractivity contribution in [3.05, 3.63) is 0 Å². The summed E-state index contributed by atoms with van der Waals surface area (Å²) >= 11 is 0. The summed E-state index contributed by atoms with van der Waals surface area (Å²) in [5, 5.41) is 109. The number of unbranched alkanes of at least 4 members (excludes halogenated alkanes) is 2. The Bertz CT molecular complexity index is 2610. The molecule has 9 amide bonds. The Labute approximate surface area is 618 Å². The van der Waals surface area contributed by atoms with E-state index >= 15 is 0 Å². The van der Waals surface area contributed by atoms with Gasteiger partial charge in [0.15, 0.2) is 12.6 Å². The number of rotatable bonds is 57. The van der Waals surface area contributed by atoms with Crippen molar-refractivity contribution in [1.82, 2.24) is 42.3 Å². The summed E-state index contributed by atoms with van der Waals surface area (Å²) in [5.41, 5.74) is 0. The van der Waals surface area contributed by atoms with E-state index in [4.69, 9.17) is 71.2 Å². The van der Waals surface area contributed by atoms with E-state index in [0.717, 1.165) is 0 Å². The predicted octanol–water partition coefficient (Wildman–Crippen LogP) is -9.17. The molecule has 4 aliphatic rings. The van der Waals surface area contributed by atoms with Crippen molar-refractivity contribution < 1.29 is 165 Å². The van der Waals surface area contributed by atoms with Crippen LogP contribution in [0.4, 0.5) is 0 Å². The van der Waals surface area contributed by atoms with Crippen LogP contribution < -0.4 is 37.2 Å². The molecule has 42 heteroatoms. The third-order valence-corrected chi connectivity index (χ3v) is 16.7. The van der Waals surface area contributed by atoms with Crippen LogP contribution in [-0.4, -0.2) is 380 Å². The van der Waals surface area contributed by atoms with Gasteiger partial charge >= 0.3 is 5.97 Å². The maximum Gasteiger partial charge on any atom is 0.355 e. The van der Waals surface area contributed by atoms with Crippen molar-refractivity contribution in [3.8, 4) is 0 Å². The van der Waals surface area contributed by atoms with E-state index < -0.39 is 183 Å². The molecule has 4 fully saturated rings.